The van der Waals surface area contributed by atoms with E-state index in [-0.39, 0.29) is 47.3 Å². The third kappa shape index (κ3) is 6.90. The van der Waals surface area contributed by atoms with E-state index in [0.29, 0.717) is 16.8 Å². The quantitative estimate of drug-likeness (QED) is 0.393. The van der Waals surface area contributed by atoms with Crippen molar-refractivity contribution in [2.45, 2.75) is 65.8 Å². The molecule has 2 N–H and O–H groups in total. The number of phenolic OH excluding ortho intramolecular Hbond substituents is 1. The highest BCUT2D eigenvalue weighted by Gasteiger charge is 2.27. The van der Waals surface area contributed by atoms with Gasteiger partial charge in [0.1, 0.15) is 5.75 Å². The predicted octanol–water partition coefficient (Wildman–Crippen LogP) is 3.32. The summed E-state index contributed by atoms with van der Waals surface area (Å²) >= 11 is 0. The number of aromatic nitrogens is 1. The van der Waals surface area contributed by atoms with E-state index in [2.05, 4.69) is 51.8 Å². The Bertz CT molecular complexity index is 1300. The molecule has 0 aliphatic rings. The maximum Gasteiger partial charge on any atom is 0.319 e. The highest BCUT2D eigenvalue weighted by Crippen LogP contribution is 2.42. The highest BCUT2D eigenvalue weighted by atomic mass is 35.5. The van der Waals surface area contributed by atoms with E-state index >= 15 is 0 Å². The molecule has 37 heavy (non-hydrogen) atoms. The molecule has 0 radical (unpaired) electrons. The molecule has 0 saturated heterocycles. The third-order valence-corrected chi connectivity index (χ3v) is 6.16. The van der Waals surface area contributed by atoms with Crippen molar-refractivity contribution in [1.82, 2.24) is 4.57 Å². The average Bonchev–Trinajstić information content (AvgIpc) is 2.95. The van der Waals surface area contributed by atoms with Crippen molar-refractivity contribution < 1.29 is 31.9 Å². The number of quaternary nitrogens is 1. The normalized spacial score (nSPS) is 12.8. The second kappa shape index (κ2) is 10.5. The number of hydrogen-bond donors (Lipinski definition) is 2. The molecule has 0 atom stereocenters. The molecule has 3 aromatic rings. The molecule has 0 spiro atoms. The number of rotatable bonds is 5. The number of benzene rings is 2. The van der Waals surface area contributed by atoms with Gasteiger partial charge in [0.2, 0.25) is 5.88 Å². The Morgan fingerprint density at radius 2 is 1.49 bits per heavy atom. The van der Waals surface area contributed by atoms with Crippen molar-refractivity contribution in [3.63, 3.8) is 0 Å². The van der Waals surface area contributed by atoms with Crippen LogP contribution in [0.25, 0.3) is 10.9 Å². The zero-order valence-corrected chi connectivity index (χ0v) is 24.5. The van der Waals surface area contributed by atoms with Gasteiger partial charge >= 0.3 is 5.91 Å². The van der Waals surface area contributed by atoms with E-state index in [9.17, 15) is 15.0 Å². The van der Waals surface area contributed by atoms with Gasteiger partial charge in [0.05, 0.1) is 33.2 Å². The van der Waals surface area contributed by atoms with E-state index in [0.717, 1.165) is 33.2 Å². The second-order valence-corrected chi connectivity index (χ2v) is 12.9. The van der Waals surface area contributed by atoms with E-state index < -0.39 is 0 Å². The summed E-state index contributed by atoms with van der Waals surface area (Å²) in [4.78, 5) is 12.4. The van der Waals surface area contributed by atoms with Crippen LogP contribution in [0.1, 0.15) is 63.8 Å². The lowest BCUT2D eigenvalue weighted by Gasteiger charge is -2.28. The molecule has 0 aliphatic heterocycles. The molecule has 8 heteroatoms. The molecule has 1 aromatic heterocycles. The van der Waals surface area contributed by atoms with Crippen molar-refractivity contribution in [3.05, 3.63) is 52.6 Å². The van der Waals surface area contributed by atoms with E-state index in [1.54, 1.807) is 4.57 Å². The largest absolute Gasteiger partial charge is 1.00 e. The fourth-order valence-corrected chi connectivity index (χ4v) is 4.35. The number of carbonyl (C=O) groups is 1. The van der Waals surface area contributed by atoms with Crippen LogP contribution in [0.3, 0.4) is 0 Å². The van der Waals surface area contributed by atoms with E-state index in [4.69, 9.17) is 0 Å². The molecule has 0 aliphatic carbocycles. The van der Waals surface area contributed by atoms with Crippen molar-refractivity contribution in [1.29, 1.82) is 0 Å². The van der Waals surface area contributed by atoms with Gasteiger partial charge in [0.25, 0.3) is 0 Å². The van der Waals surface area contributed by atoms with Crippen LogP contribution in [0.15, 0.2) is 40.6 Å². The lowest BCUT2D eigenvalue weighted by atomic mass is 9.78. The van der Waals surface area contributed by atoms with Gasteiger partial charge in [-0.15, -0.1) is 10.2 Å². The van der Waals surface area contributed by atoms with Crippen LogP contribution in [0.4, 0.5) is 5.69 Å². The first-order chi connectivity index (χ1) is 16.4. The summed E-state index contributed by atoms with van der Waals surface area (Å²) in [6, 6.07) is 9.90. The summed E-state index contributed by atoms with van der Waals surface area (Å²) in [6.45, 7) is 15.0. The number of likely N-dealkylation sites (N-methyl/N-ethyl adjacent to an activating group) is 1. The number of azo groups is 1. The maximum atomic E-state index is 12.4. The Labute approximate surface area is 226 Å². The molecule has 1 amide bonds. The van der Waals surface area contributed by atoms with Gasteiger partial charge in [-0.2, -0.15) is 0 Å². The van der Waals surface area contributed by atoms with Crippen molar-refractivity contribution in [3.8, 4) is 11.6 Å². The third-order valence-electron chi connectivity index (χ3n) is 6.16. The first-order valence-corrected chi connectivity index (χ1v) is 12.3. The summed E-state index contributed by atoms with van der Waals surface area (Å²) in [7, 11) is 5.74. The Morgan fingerprint density at radius 1 is 0.946 bits per heavy atom. The minimum absolute atomic E-state index is 0. The first-order valence-electron chi connectivity index (χ1n) is 12.3. The molecular weight excluding hydrogens is 488 g/mol. The number of aryl methyl sites for hydroxylation is 1. The topological polar surface area (TPSA) is 87.2 Å². The van der Waals surface area contributed by atoms with Crippen LogP contribution in [0.2, 0.25) is 0 Å². The summed E-state index contributed by atoms with van der Waals surface area (Å²) in [6.07, 6.45) is 0. The zero-order valence-electron chi connectivity index (χ0n) is 23.8. The minimum Gasteiger partial charge on any atom is -1.00 e. The average molecular weight is 529 g/mol. The zero-order chi connectivity index (χ0) is 27.2. The number of hydrogen-bond acceptors (Lipinski definition) is 4. The van der Waals surface area contributed by atoms with Crippen LogP contribution >= 0.6 is 0 Å². The molecule has 0 bridgehead atoms. The van der Waals surface area contributed by atoms with Crippen molar-refractivity contribution >= 4 is 22.5 Å². The molecule has 3 rings (SSSR count). The molecule has 202 valence electrons. The summed E-state index contributed by atoms with van der Waals surface area (Å²) in [5.41, 5.74) is 4.27. The number of phenols is 1. The minimum atomic E-state index is -0.348. The molecule has 7 nitrogen and oxygen atoms in total. The SMILES string of the molecule is Cc1ccc2c(c1)c(N=NC(=O)C[N+](C)(C)C)c(O)n2Cc1cc(C(C)(C)C)c(O)c(C(C)(C)C)c1.[Cl-]. The number of halogens is 1. The van der Waals surface area contributed by atoms with Crippen LogP contribution < -0.4 is 12.4 Å². The van der Waals surface area contributed by atoms with Gasteiger partial charge < -0.3 is 31.7 Å². The lowest BCUT2D eigenvalue weighted by molar-refractivity contribution is -0.862. The van der Waals surface area contributed by atoms with Crippen molar-refractivity contribution in [2.75, 3.05) is 27.7 Å². The number of fused-ring (bicyclic) bond motifs is 1. The van der Waals surface area contributed by atoms with Gasteiger partial charge in [-0.1, -0.05) is 53.2 Å². The van der Waals surface area contributed by atoms with Crippen LogP contribution in [-0.4, -0.2) is 52.9 Å². The van der Waals surface area contributed by atoms with E-state index in [1.807, 2.05) is 58.4 Å². The Morgan fingerprint density at radius 3 is 1.97 bits per heavy atom. The van der Waals surface area contributed by atoms with Crippen LogP contribution in [0, 0.1) is 6.92 Å². The second-order valence-electron chi connectivity index (χ2n) is 12.9. The monoisotopic (exact) mass is 528 g/mol. The number of nitrogens with zero attached hydrogens (tertiary/aromatic N) is 4. The molecule has 0 unspecified atom stereocenters. The predicted molar refractivity (Wildman–Crippen MR) is 145 cm³/mol. The summed E-state index contributed by atoms with van der Waals surface area (Å²) in [5, 5.41) is 31.2. The number of aromatic hydroxyl groups is 2. The molecule has 1 heterocycles. The Hall–Kier alpha value is -2.90. The first kappa shape index (κ1) is 30.3. The number of amides is 1. The van der Waals surface area contributed by atoms with Crippen LogP contribution in [-0.2, 0) is 22.2 Å². The maximum absolute atomic E-state index is 12.4. The molecular formula is C29H41ClN4O3. The van der Waals surface area contributed by atoms with Gasteiger partial charge in [-0.05, 0) is 58.7 Å². The number of carbonyl (C=O) groups excluding carboxylic acids is 1. The van der Waals surface area contributed by atoms with Gasteiger partial charge in [-0.3, -0.25) is 4.79 Å². The van der Waals surface area contributed by atoms with Gasteiger partial charge in [-0.25, -0.2) is 0 Å². The molecule has 2 aromatic carbocycles. The van der Waals surface area contributed by atoms with Crippen LogP contribution in [0.5, 0.6) is 11.6 Å². The molecule has 0 fully saturated rings. The molecule has 0 saturated carbocycles. The van der Waals surface area contributed by atoms with Crippen molar-refractivity contribution in [2.24, 2.45) is 10.2 Å². The fraction of sp³-hybridized carbons (Fsp3) is 0.483. The van der Waals surface area contributed by atoms with Gasteiger partial charge in [0, 0.05) is 5.39 Å². The smallest absolute Gasteiger partial charge is 0.319 e. The standard InChI is InChI=1S/C29H40N4O3.ClH/c1-18-11-12-23-20(13-18)25(31-30-24(34)17-33(8,9)10)27(36)32(23)16-19-14-21(28(2,3)4)26(35)22(15-19)29(5,6)7;/h11-15H,16-17H2,1-10H3,(H-,30,34,35,36);1H. The Kier molecular flexibility index (Phi) is 8.57. The summed E-state index contributed by atoms with van der Waals surface area (Å²) < 4.78 is 2.23. The fourth-order valence-electron chi connectivity index (χ4n) is 4.35. The lowest BCUT2D eigenvalue weighted by Crippen LogP contribution is -3.00. The highest BCUT2D eigenvalue weighted by molar-refractivity contribution is 5.96. The van der Waals surface area contributed by atoms with E-state index in [1.165, 1.54) is 0 Å². The van der Waals surface area contributed by atoms with Gasteiger partial charge in [0.15, 0.2) is 12.2 Å². The summed E-state index contributed by atoms with van der Waals surface area (Å²) in [5.74, 6) is -0.0695. The Balaban J connectivity index is 0.00000481.